The van der Waals surface area contributed by atoms with E-state index >= 15 is 0 Å². The van der Waals surface area contributed by atoms with Crippen LogP contribution in [0.2, 0.25) is 0 Å². The molecule has 0 aromatic heterocycles. The third-order valence-electron chi connectivity index (χ3n) is 1.50. The molecule has 68 valence electrons. The lowest BCUT2D eigenvalue weighted by Gasteiger charge is -2.05. The van der Waals surface area contributed by atoms with Crippen LogP contribution in [0.1, 0.15) is 39.0 Å². The number of nitrogens with one attached hydrogen (secondary N) is 1. The Morgan fingerprint density at radius 1 is 1.27 bits per heavy atom. The van der Waals surface area contributed by atoms with Crippen LogP contribution < -0.4 is 4.72 Å². The van der Waals surface area contributed by atoms with Gasteiger partial charge in [0.05, 0.1) is 0 Å². The second kappa shape index (κ2) is 8.17. The van der Waals surface area contributed by atoms with Gasteiger partial charge in [0.25, 0.3) is 0 Å². The van der Waals surface area contributed by atoms with E-state index in [1.165, 1.54) is 19.3 Å². The molecule has 0 rings (SSSR count). The third kappa shape index (κ3) is 10.1. The smallest absolute Gasteiger partial charge is 0.0181 e. The quantitative estimate of drug-likeness (QED) is 0.472. The van der Waals surface area contributed by atoms with E-state index in [-0.39, 0.29) is 0 Å². The van der Waals surface area contributed by atoms with Gasteiger partial charge in [0.15, 0.2) is 0 Å². The molecule has 0 saturated carbocycles. The highest BCUT2D eigenvalue weighted by Crippen LogP contribution is 2.00. The molecule has 0 aliphatic carbocycles. The fourth-order valence-electron chi connectivity index (χ4n) is 0.884. The predicted octanol–water partition coefficient (Wildman–Crippen LogP) is 1.34. The van der Waals surface area contributed by atoms with Crippen molar-refractivity contribution in [3.63, 3.8) is 0 Å². The van der Waals surface area contributed by atoms with Crippen LogP contribution >= 0.6 is 0 Å². The normalized spacial score (nSPS) is 13.3. The Labute approximate surface area is 71.0 Å². The van der Waals surface area contributed by atoms with Crippen molar-refractivity contribution in [2.75, 3.05) is 6.54 Å². The van der Waals surface area contributed by atoms with Crippen molar-refractivity contribution in [1.29, 1.82) is 0 Å². The third-order valence-corrected chi connectivity index (χ3v) is 1.94. The summed E-state index contributed by atoms with van der Waals surface area (Å²) in [7, 11) is 0. The monoisotopic (exact) mass is 178 g/mol. The van der Waals surface area contributed by atoms with Crippen LogP contribution in [-0.2, 0) is 11.3 Å². The molecule has 0 aromatic rings. The zero-order chi connectivity index (χ0) is 8.53. The fraction of sp³-hybridized carbons (Fsp3) is 1.00. The highest BCUT2D eigenvalue weighted by atomic mass is 32.2. The molecule has 4 heteroatoms. The molecular weight excluding hydrogens is 162 g/mol. The van der Waals surface area contributed by atoms with Crippen LogP contribution in [0.3, 0.4) is 0 Å². The Balaban J connectivity index is 2.85. The molecule has 0 amide bonds. The maximum absolute atomic E-state index is 9.98. The molecule has 0 heterocycles. The van der Waals surface area contributed by atoms with Crippen LogP contribution in [0.4, 0.5) is 0 Å². The van der Waals surface area contributed by atoms with E-state index in [4.69, 9.17) is 0 Å². The van der Waals surface area contributed by atoms with E-state index in [1.54, 1.807) is 0 Å². The maximum Gasteiger partial charge on any atom is 0.0181 e. The van der Waals surface area contributed by atoms with Crippen molar-refractivity contribution in [3.8, 4) is 0 Å². The highest BCUT2D eigenvalue weighted by molar-refractivity contribution is 7.77. The molecule has 0 spiro atoms. The second-order valence-electron chi connectivity index (χ2n) is 2.54. The summed E-state index contributed by atoms with van der Waals surface area (Å²) < 4.78 is 22.3. The molecule has 0 bridgehead atoms. The molecule has 0 saturated heterocycles. The second-order valence-corrected chi connectivity index (χ2v) is 3.30. The van der Waals surface area contributed by atoms with Gasteiger partial charge in [0.2, 0.25) is 0 Å². The molecule has 0 fully saturated rings. The van der Waals surface area contributed by atoms with Crippen LogP contribution in [0.25, 0.3) is 0 Å². The largest absolute Gasteiger partial charge is 0.760 e. The molecule has 1 atom stereocenters. The number of hydrogen-bond acceptors (Lipinski definition) is 2. The van der Waals surface area contributed by atoms with Crippen molar-refractivity contribution < 1.29 is 8.76 Å². The van der Waals surface area contributed by atoms with E-state index < -0.39 is 11.3 Å². The first kappa shape index (κ1) is 11.1. The van der Waals surface area contributed by atoms with Crippen LogP contribution in [0, 0.1) is 0 Å². The van der Waals surface area contributed by atoms with E-state index in [0.717, 1.165) is 12.8 Å². The Bertz CT molecular complexity index is 109. The standard InChI is InChI=1S/C7H17NO2S/c1-2-3-4-5-6-7-8-11(9)10/h8H,2-7H2,1H3,(H,9,10)/p-1. The summed E-state index contributed by atoms with van der Waals surface area (Å²) in [6, 6.07) is 0. The van der Waals surface area contributed by atoms with Gasteiger partial charge in [-0.15, -0.1) is 0 Å². The average Bonchev–Trinajstić information content (AvgIpc) is 1.96. The summed E-state index contributed by atoms with van der Waals surface area (Å²) in [5.41, 5.74) is 0. The summed E-state index contributed by atoms with van der Waals surface area (Å²) >= 11 is -2.07. The first-order valence-corrected chi connectivity index (χ1v) is 5.17. The summed E-state index contributed by atoms with van der Waals surface area (Å²) in [4.78, 5) is 0. The molecule has 1 N–H and O–H groups in total. The lowest BCUT2D eigenvalue weighted by molar-refractivity contribution is 0.518. The maximum atomic E-state index is 9.98. The molecular formula is C7H16NO2S-. The van der Waals surface area contributed by atoms with Gasteiger partial charge in [0.1, 0.15) is 0 Å². The molecule has 0 aliphatic heterocycles. The number of hydrogen-bond donors (Lipinski definition) is 1. The minimum absolute atomic E-state index is 0.583. The van der Waals surface area contributed by atoms with Gasteiger partial charge < -0.3 is 4.55 Å². The summed E-state index contributed by atoms with van der Waals surface area (Å²) in [6.07, 6.45) is 5.76. The topological polar surface area (TPSA) is 52.2 Å². The molecule has 0 aliphatic rings. The SMILES string of the molecule is CCCCCCCNS(=O)[O-]. The zero-order valence-corrected chi connectivity index (χ0v) is 7.78. The average molecular weight is 178 g/mol. The molecule has 1 unspecified atom stereocenters. The van der Waals surface area contributed by atoms with E-state index in [2.05, 4.69) is 11.6 Å². The Morgan fingerprint density at radius 3 is 2.45 bits per heavy atom. The van der Waals surface area contributed by atoms with Gasteiger partial charge in [-0.2, -0.15) is 0 Å². The molecule has 0 radical (unpaired) electrons. The highest BCUT2D eigenvalue weighted by Gasteiger charge is 1.87. The minimum Gasteiger partial charge on any atom is -0.760 e. The van der Waals surface area contributed by atoms with Crippen LogP contribution in [-0.4, -0.2) is 15.3 Å². The lowest BCUT2D eigenvalue weighted by atomic mass is 10.2. The van der Waals surface area contributed by atoms with Gasteiger partial charge in [-0.1, -0.05) is 32.6 Å². The van der Waals surface area contributed by atoms with Crippen LogP contribution in [0.15, 0.2) is 0 Å². The van der Waals surface area contributed by atoms with Gasteiger partial charge in [0, 0.05) is 17.8 Å². The Morgan fingerprint density at radius 2 is 1.91 bits per heavy atom. The molecule has 0 aromatic carbocycles. The molecule has 11 heavy (non-hydrogen) atoms. The zero-order valence-electron chi connectivity index (χ0n) is 6.97. The minimum atomic E-state index is -2.07. The van der Waals surface area contributed by atoms with Crippen molar-refractivity contribution in [1.82, 2.24) is 4.72 Å². The van der Waals surface area contributed by atoms with Crippen molar-refractivity contribution in [2.24, 2.45) is 0 Å². The van der Waals surface area contributed by atoms with Gasteiger partial charge in [-0.25, -0.2) is 4.72 Å². The van der Waals surface area contributed by atoms with E-state index in [1.807, 2.05) is 0 Å². The predicted molar refractivity (Wildman–Crippen MR) is 45.7 cm³/mol. The fourth-order valence-corrected chi connectivity index (χ4v) is 1.20. The van der Waals surface area contributed by atoms with Crippen molar-refractivity contribution >= 4 is 11.3 Å². The van der Waals surface area contributed by atoms with Crippen molar-refractivity contribution in [2.45, 2.75) is 39.0 Å². The Kier molecular flexibility index (Phi) is 8.22. The van der Waals surface area contributed by atoms with E-state index in [0.29, 0.717) is 6.54 Å². The number of unbranched alkanes of at least 4 members (excludes halogenated alkanes) is 4. The van der Waals surface area contributed by atoms with Gasteiger partial charge in [-0.3, -0.25) is 4.21 Å². The first-order chi connectivity index (χ1) is 5.27. The van der Waals surface area contributed by atoms with Crippen molar-refractivity contribution in [3.05, 3.63) is 0 Å². The lowest BCUT2D eigenvalue weighted by Crippen LogP contribution is -2.17. The van der Waals surface area contributed by atoms with Gasteiger partial charge >= 0.3 is 0 Å². The number of rotatable bonds is 7. The van der Waals surface area contributed by atoms with Crippen LogP contribution in [0.5, 0.6) is 0 Å². The summed E-state index contributed by atoms with van der Waals surface area (Å²) in [6.45, 7) is 2.74. The molecule has 3 nitrogen and oxygen atoms in total. The summed E-state index contributed by atoms with van der Waals surface area (Å²) in [5, 5.41) is 0. The van der Waals surface area contributed by atoms with Gasteiger partial charge in [-0.05, 0) is 6.42 Å². The first-order valence-electron chi connectivity index (χ1n) is 4.10. The Hall–Kier alpha value is 0.0700. The van der Waals surface area contributed by atoms with E-state index in [9.17, 15) is 8.76 Å². The summed E-state index contributed by atoms with van der Waals surface area (Å²) in [5.74, 6) is 0.